The maximum atomic E-state index is 14.7. The molecule has 0 unspecified atom stereocenters. The topological polar surface area (TPSA) is 68.0 Å². The number of aromatic nitrogens is 3. The van der Waals surface area contributed by atoms with Gasteiger partial charge in [-0.05, 0) is 42.2 Å². The molecule has 2 aromatic heterocycles. The van der Waals surface area contributed by atoms with Crippen LogP contribution in [0.5, 0.6) is 0 Å². The molecular formula is C27H21ClF3N3O2. The minimum absolute atomic E-state index is 0.197. The van der Waals surface area contributed by atoms with E-state index in [4.69, 9.17) is 16.7 Å². The van der Waals surface area contributed by atoms with Crippen LogP contribution < -0.4 is 0 Å². The number of alkyl halides is 2. The van der Waals surface area contributed by atoms with Crippen LogP contribution in [0.15, 0.2) is 67.1 Å². The fourth-order valence-electron chi connectivity index (χ4n) is 4.29. The second kappa shape index (κ2) is 9.78. The van der Waals surface area contributed by atoms with Gasteiger partial charge in [-0.15, -0.1) is 0 Å². The van der Waals surface area contributed by atoms with E-state index in [0.717, 1.165) is 42.5 Å². The zero-order chi connectivity index (χ0) is 25.4. The minimum Gasteiger partial charge on any atom is -0.478 e. The number of carbonyl (C=O) groups is 1. The highest BCUT2D eigenvalue weighted by molar-refractivity contribution is 6.31. The van der Waals surface area contributed by atoms with Crippen molar-refractivity contribution < 1.29 is 23.1 Å². The predicted molar refractivity (Wildman–Crippen MR) is 130 cm³/mol. The van der Waals surface area contributed by atoms with Gasteiger partial charge in [0.25, 0.3) is 6.43 Å². The second-order valence-electron chi connectivity index (χ2n) is 8.88. The van der Waals surface area contributed by atoms with Crippen molar-refractivity contribution in [2.75, 3.05) is 0 Å². The Balaban J connectivity index is 1.46. The van der Waals surface area contributed by atoms with Crippen LogP contribution in [-0.2, 0) is 0 Å². The van der Waals surface area contributed by atoms with E-state index in [9.17, 15) is 18.0 Å². The zero-order valence-corrected chi connectivity index (χ0v) is 19.7. The standard InChI is InChI=1S/C27H21ClF3N3O2/c28-21-9-8-20(26(30)31)24(25(21)29)18-7-10-22(32-12-18)23(11-15-1-2-15)34-14-19(13-33-34)16-3-5-17(6-4-16)27(35)36/h3-10,12-15,23,26H,1-2,11H2,(H,35,36)/t23-/m1/s1. The fraction of sp³-hybridized carbons (Fsp3) is 0.222. The average molecular weight is 512 g/mol. The van der Waals surface area contributed by atoms with Crippen molar-refractivity contribution in [1.29, 1.82) is 0 Å². The van der Waals surface area contributed by atoms with Crippen LogP contribution in [0.3, 0.4) is 0 Å². The highest BCUT2D eigenvalue weighted by atomic mass is 35.5. The molecule has 0 radical (unpaired) electrons. The van der Waals surface area contributed by atoms with E-state index < -0.39 is 23.8 Å². The van der Waals surface area contributed by atoms with Gasteiger partial charge in [0.2, 0.25) is 0 Å². The number of hydrogen-bond donors (Lipinski definition) is 1. The normalized spacial score (nSPS) is 14.2. The largest absolute Gasteiger partial charge is 0.478 e. The van der Waals surface area contributed by atoms with Gasteiger partial charge in [-0.1, -0.05) is 48.7 Å². The summed E-state index contributed by atoms with van der Waals surface area (Å²) < 4.78 is 43.6. The molecule has 0 bridgehead atoms. The summed E-state index contributed by atoms with van der Waals surface area (Å²) >= 11 is 5.86. The van der Waals surface area contributed by atoms with Crippen molar-refractivity contribution in [3.05, 3.63) is 94.8 Å². The summed E-state index contributed by atoms with van der Waals surface area (Å²) in [5, 5.41) is 13.4. The van der Waals surface area contributed by atoms with Gasteiger partial charge in [-0.3, -0.25) is 9.67 Å². The van der Waals surface area contributed by atoms with Crippen LogP contribution in [0.1, 0.15) is 53.3 Å². The summed E-state index contributed by atoms with van der Waals surface area (Å²) in [5.74, 6) is -1.35. The van der Waals surface area contributed by atoms with Gasteiger partial charge in [0, 0.05) is 34.6 Å². The average Bonchev–Trinajstić information content (AvgIpc) is 3.57. The van der Waals surface area contributed by atoms with Crippen molar-refractivity contribution in [3.63, 3.8) is 0 Å². The molecule has 1 fully saturated rings. The lowest BCUT2D eigenvalue weighted by atomic mass is 9.99. The van der Waals surface area contributed by atoms with Gasteiger partial charge in [-0.2, -0.15) is 5.10 Å². The number of carboxylic acid groups (broad SMARTS) is 1. The first kappa shape index (κ1) is 24.1. The lowest BCUT2D eigenvalue weighted by molar-refractivity contribution is 0.0697. The Bertz CT molecular complexity index is 1400. The van der Waals surface area contributed by atoms with Crippen molar-refractivity contribution in [2.24, 2.45) is 5.92 Å². The molecule has 2 aromatic carbocycles. The third kappa shape index (κ3) is 4.86. The number of benzene rings is 2. The van der Waals surface area contributed by atoms with E-state index >= 15 is 0 Å². The monoisotopic (exact) mass is 511 g/mol. The van der Waals surface area contributed by atoms with E-state index in [1.807, 2.05) is 10.9 Å². The van der Waals surface area contributed by atoms with Gasteiger partial charge in [0.05, 0.1) is 28.5 Å². The van der Waals surface area contributed by atoms with Gasteiger partial charge in [-0.25, -0.2) is 18.0 Å². The SMILES string of the molecule is O=C(O)c1ccc(-c2cnn([C@H](CC3CC3)c3ccc(-c4c(C(F)F)ccc(Cl)c4F)cn3)c2)cc1. The van der Waals surface area contributed by atoms with E-state index in [1.54, 1.807) is 42.6 Å². The molecule has 1 atom stereocenters. The Hall–Kier alpha value is -3.65. The maximum absolute atomic E-state index is 14.7. The van der Waals surface area contributed by atoms with Gasteiger partial charge < -0.3 is 5.11 Å². The summed E-state index contributed by atoms with van der Waals surface area (Å²) in [6.07, 6.45) is 5.16. The highest BCUT2D eigenvalue weighted by Crippen LogP contribution is 2.40. The number of nitrogens with zero attached hydrogens (tertiary/aromatic N) is 3. The Morgan fingerprint density at radius 3 is 2.36 bits per heavy atom. The number of rotatable bonds is 8. The molecule has 1 N–H and O–H groups in total. The first-order chi connectivity index (χ1) is 17.3. The number of carboxylic acids is 1. The molecular weight excluding hydrogens is 491 g/mol. The van der Waals surface area contributed by atoms with Gasteiger partial charge in [0.15, 0.2) is 0 Å². The first-order valence-corrected chi connectivity index (χ1v) is 11.8. The Morgan fingerprint density at radius 2 is 1.75 bits per heavy atom. The molecule has 1 aliphatic rings. The fourth-order valence-corrected chi connectivity index (χ4v) is 4.44. The minimum atomic E-state index is -2.86. The van der Waals surface area contributed by atoms with Crippen LogP contribution >= 0.6 is 11.6 Å². The third-order valence-electron chi connectivity index (χ3n) is 6.42. The van der Waals surface area contributed by atoms with Crippen LogP contribution in [0.4, 0.5) is 13.2 Å². The Morgan fingerprint density at radius 1 is 1.03 bits per heavy atom. The molecule has 36 heavy (non-hydrogen) atoms. The van der Waals surface area contributed by atoms with Crippen LogP contribution in [-0.4, -0.2) is 25.8 Å². The van der Waals surface area contributed by atoms with E-state index in [-0.39, 0.29) is 27.8 Å². The van der Waals surface area contributed by atoms with E-state index in [1.165, 1.54) is 6.20 Å². The lowest BCUT2D eigenvalue weighted by Gasteiger charge is -2.18. The summed E-state index contributed by atoms with van der Waals surface area (Å²) in [7, 11) is 0. The molecule has 4 aromatic rings. The van der Waals surface area contributed by atoms with Crippen molar-refractivity contribution in [1.82, 2.24) is 14.8 Å². The summed E-state index contributed by atoms with van der Waals surface area (Å²) in [6.45, 7) is 0. The highest BCUT2D eigenvalue weighted by Gasteiger charge is 2.29. The summed E-state index contributed by atoms with van der Waals surface area (Å²) in [5.41, 5.74) is 2.07. The molecule has 9 heteroatoms. The molecule has 1 aliphatic carbocycles. The lowest BCUT2D eigenvalue weighted by Crippen LogP contribution is -2.13. The van der Waals surface area contributed by atoms with Gasteiger partial charge in [0.1, 0.15) is 5.82 Å². The van der Waals surface area contributed by atoms with Crippen LogP contribution in [0.2, 0.25) is 5.02 Å². The number of pyridine rings is 1. The smallest absolute Gasteiger partial charge is 0.335 e. The predicted octanol–water partition coefficient (Wildman–Crippen LogP) is 7.43. The van der Waals surface area contributed by atoms with E-state index in [2.05, 4.69) is 10.1 Å². The molecule has 1 saturated carbocycles. The van der Waals surface area contributed by atoms with Crippen molar-refractivity contribution in [2.45, 2.75) is 31.7 Å². The number of hydrogen-bond acceptors (Lipinski definition) is 3. The molecule has 2 heterocycles. The van der Waals surface area contributed by atoms with E-state index in [0.29, 0.717) is 11.6 Å². The molecule has 5 nitrogen and oxygen atoms in total. The van der Waals surface area contributed by atoms with Crippen LogP contribution in [0.25, 0.3) is 22.3 Å². The Labute approximate surface area is 210 Å². The quantitative estimate of drug-likeness (QED) is 0.267. The van der Waals surface area contributed by atoms with Gasteiger partial charge >= 0.3 is 5.97 Å². The number of aromatic carboxylic acids is 1. The molecule has 0 amide bonds. The third-order valence-corrected chi connectivity index (χ3v) is 6.71. The molecule has 184 valence electrons. The van der Waals surface area contributed by atoms with Crippen LogP contribution in [0, 0.1) is 11.7 Å². The molecule has 0 saturated heterocycles. The summed E-state index contributed by atoms with van der Waals surface area (Å²) in [4.78, 5) is 15.6. The van der Waals surface area contributed by atoms with Crippen molar-refractivity contribution in [3.8, 4) is 22.3 Å². The molecule has 5 rings (SSSR count). The maximum Gasteiger partial charge on any atom is 0.335 e. The molecule has 0 spiro atoms. The summed E-state index contributed by atoms with van der Waals surface area (Å²) in [6, 6.07) is 11.9. The van der Waals surface area contributed by atoms with Crippen molar-refractivity contribution >= 4 is 17.6 Å². The second-order valence-corrected chi connectivity index (χ2v) is 9.29. The number of halogens is 4. The first-order valence-electron chi connectivity index (χ1n) is 11.4. The molecule has 0 aliphatic heterocycles. The Kier molecular flexibility index (Phi) is 6.53. The zero-order valence-electron chi connectivity index (χ0n) is 18.9.